The van der Waals surface area contributed by atoms with Gasteiger partial charge in [-0.3, -0.25) is 0 Å². The van der Waals surface area contributed by atoms with E-state index in [1.807, 2.05) is 7.05 Å². The summed E-state index contributed by atoms with van der Waals surface area (Å²) < 4.78 is 29.4. The highest BCUT2D eigenvalue weighted by Gasteiger charge is 2.37. The zero-order chi connectivity index (χ0) is 14.9. The van der Waals surface area contributed by atoms with Gasteiger partial charge < -0.3 is 5.32 Å². The smallest absolute Gasteiger partial charge is 0.282 e. The van der Waals surface area contributed by atoms with Crippen molar-refractivity contribution in [2.45, 2.75) is 38.3 Å². The van der Waals surface area contributed by atoms with Gasteiger partial charge in [-0.1, -0.05) is 6.42 Å². The first-order chi connectivity index (χ1) is 10.1. The SMILES string of the molecule is CNCC1CCCCN1S(=O)(=O)N1CCc2sccc2C1. The Morgan fingerprint density at radius 1 is 1.38 bits per heavy atom. The maximum Gasteiger partial charge on any atom is 0.282 e. The largest absolute Gasteiger partial charge is 0.318 e. The van der Waals surface area contributed by atoms with Crippen molar-refractivity contribution >= 4 is 21.5 Å². The van der Waals surface area contributed by atoms with Gasteiger partial charge in [0.1, 0.15) is 0 Å². The minimum atomic E-state index is -3.35. The van der Waals surface area contributed by atoms with Gasteiger partial charge in [-0.15, -0.1) is 11.3 Å². The van der Waals surface area contributed by atoms with Crippen molar-refractivity contribution in [3.05, 3.63) is 21.9 Å². The van der Waals surface area contributed by atoms with Crippen LogP contribution in [0.3, 0.4) is 0 Å². The lowest BCUT2D eigenvalue weighted by atomic mass is 10.1. The fraction of sp³-hybridized carbons (Fsp3) is 0.714. The maximum atomic E-state index is 13.0. The van der Waals surface area contributed by atoms with Crippen LogP contribution in [0.2, 0.25) is 0 Å². The molecule has 2 aliphatic rings. The van der Waals surface area contributed by atoms with Crippen LogP contribution in [0.1, 0.15) is 29.7 Å². The van der Waals surface area contributed by atoms with Gasteiger partial charge in [-0.2, -0.15) is 17.0 Å². The Hall–Kier alpha value is -0.470. The first-order valence-electron chi connectivity index (χ1n) is 7.59. The first-order valence-corrected chi connectivity index (χ1v) is 9.87. The molecule has 5 nitrogen and oxygen atoms in total. The molecule has 0 bridgehead atoms. The van der Waals surface area contributed by atoms with E-state index in [9.17, 15) is 8.42 Å². The molecule has 2 aliphatic heterocycles. The van der Waals surface area contributed by atoms with Crippen LogP contribution in [-0.2, 0) is 23.2 Å². The summed E-state index contributed by atoms with van der Waals surface area (Å²) in [6, 6.07) is 2.15. The average Bonchev–Trinajstić information content (AvgIpc) is 2.95. The van der Waals surface area contributed by atoms with E-state index >= 15 is 0 Å². The summed E-state index contributed by atoms with van der Waals surface area (Å²) in [6.07, 6.45) is 3.89. The Labute approximate surface area is 131 Å². The summed E-state index contributed by atoms with van der Waals surface area (Å²) in [7, 11) is -1.46. The van der Waals surface area contributed by atoms with E-state index in [2.05, 4.69) is 16.8 Å². The number of nitrogens with zero attached hydrogens (tertiary/aromatic N) is 2. The van der Waals surface area contributed by atoms with Crippen LogP contribution < -0.4 is 5.32 Å². The molecule has 0 radical (unpaired) electrons. The van der Waals surface area contributed by atoms with Crippen molar-refractivity contribution in [2.24, 2.45) is 0 Å². The number of rotatable bonds is 4. The fourth-order valence-electron chi connectivity index (χ4n) is 3.29. The van der Waals surface area contributed by atoms with E-state index < -0.39 is 10.2 Å². The highest BCUT2D eigenvalue weighted by Crippen LogP contribution is 2.29. The first kappa shape index (κ1) is 15.4. The lowest BCUT2D eigenvalue weighted by molar-refractivity contribution is 0.225. The molecule has 0 aromatic carbocycles. The molecule has 1 fully saturated rings. The Kier molecular flexibility index (Phi) is 4.66. The van der Waals surface area contributed by atoms with E-state index in [0.29, 0.717) is 19.6 Å². The summed E-state index contributed by atoms with van der Waals surface area (Å²) in [5.74, 6) is 0. The van der Waals surface area contributed by atoms with E-state index in [0.717, 1.165) is 32.2 Å². The third-order valence-electron chi connectivity index (χ3n) is 4.41. The predicted octanol–water partition coefficient (Wildman–Crippen LogP) is 1.42. The van der Waals surface area contributed by atoms with Gasteiger partial charge in [0.05, 0.1) is 0 Å². The van der Waals surface area contributed by atoms with E-state index in [1.54, 1.807) is 19.9 Å². The van der Waals surface area contributed by atoms with Gasteiger partial charge in [0.15, 0.2) is 0 Å². The monoisotopic (exact) mass is 329 g/mol. The number of hydrogen-bond acceptors (Lipinski definition) is 4. The maximum absolute atomic E-state index is 13.0. The molecule has 3 heterocycles. The van der Waals surface area contributed by atoms with Gasteiger partial charge in [0, 0.05) is 37.1 Å². The second kappa shape index (κ2) is 6.34. The lowest BCUT2D eigenvalue weighted by Gasteiger charge is -2.39. The van der Waals surface area contributed by atoms with Crippen molar-refractivity contribution in [3.63, 3.8) is 0 Å². The van der Waals surface area contributed by atoms with Gasteiger partial charge in [-0.05, 0) is 43.3 Å². The van der Waals surface area contributed by atoms with Crippen molar-refractivity contribution in [2.75, 3.05) is 26.7 Å². The second-order valence-electron chi connectivity index (χ2n) is 5.78. The number of thiophene rings is 1. The number of nitrogens with one attached hydrogen (secondary N) is 1. The summed E-state index contributed by atoms with van der Waals surface area (Å²) >= 11 is 1.74. The molecule has 3 rings (SSSR count). The van der Waals surface area contributed by atoms with Gasteiger partial charge in [0.2, 0.25) is 0 Å². The highest BCUT2D eigenvalue weighted by molar-refractivity contribution is 7.86. The Morgan fingerprint density at radius 3 is 3.05 bits per heavy atom. The molecule has 1 unspecified atom stereocenters. The zero-order valence-electron chi connectivity index (χ0n) is 12.4. The van der Waals surface area contributed by atoms with Gasteiger partial charge >= 0.3 is 0 Å². The molecule has 0 spiro atoms. The standard InChI is InChI=1S/C14H23N3O2S2/c1-15-10-13-4-2-3-7-17(13)21(18,19)16-8-5-14-12(11-16)6-9-20-14/h6,9,13,15H,2-5,7-8,10-11H2,1H3. The van der Waals surface area contributed by atoms with E-state index in [-0.39, 0.29) is 6.04 Å². The van der Waals surface area contributed by atoms with Crippen LogP contribution in [0.15, 0.2) is 11.4 Å². The summed E-state index contributed by atoms with van der Waals surface area (Å²) in [4.78, 5) is 1.34. The summed E-state index contributed by atoms with van der Waals surface area (Å²) in [5, 5.41) is 5.19. The summed E-state index contributed by atoms with van der Waals surface area (Å²) in [6.45, 7) is 2.53. The topological polar surface area (TPSA) is 52.7 Å². The Morgan fingerprint density at radius 2 is 2.24 bits per heavy atom. The Balaban J connectivity index is 1.79. The van der Waals surface area contributed by atoms with Crippen molar-refractivity contribution < 1.29 is 8.42 Å². The second-order valence-corrected chi connectivity index (χ2v) is 8.66. The molecule has 0 aliphatic carbocycles. The Bertz CT molecular complexity index is 583. The summed E-state index contributed by atoms with van der Waals surface area (Å²) in [5.41, 5.74) is 1.18. The quantitative estimate of drug-likeness (QED) is 0.909. The third kappa shape index (κ3) is 3.03. The van der Waals surface area contributed by atoms with E-state index in [4.69, 9.17) is 0 Å². The third-order valence-corrected chi connectivity index (χ3v) is 7.47. The molecule has 21 heavy (non-hydrogen) atoms. The molecular formula is C14H23N3O2S2. The number of likely N-dealkylation sites (N-methyl/N-ethyl adjacent to an activating group) is 1. The molecule has 1 atom stereocenters. The number of fused-ring (bicyclic) bond motifs is 1. The van der Waals surface area contributed by atoms with Gasteiger partial charge in [-0.25, -0.2) is 0 Å². The zero-order valence-corrected chi connectivity index (χ0v) is 14.0. The van der Waals surface area contributed by atoms with Crippen molar-refractivity contribution in [3.8, 4) is 0 Å². The molecule has 0 saturated carbocycles. The molecule has 1 aromatic rings. The number of piperidine rings is 1. The number of hydrogen-bond donors (Lipinski definition) is 1. The molecule has 1 N–H and O–H groups in total. The minimum absolute atomic E-state index is 0.0950. The minimum Gasteiger partial charge on any atom is -0.318 e. The molecular weight excluding hydrogens is 306 g/mol. The normalized spacial score (nSPS) is 24.9. The highest BCUT2D eigenvalue weighted by atomic mass is 32.2. The molecule has 1 saturated heterocycles. The van der Waals surface area contributed by atoms with Crippen molar-refractivity contribution in [1.29, 1.82) is 0 Å². The molecule has 7 heteroatoms. The lowest BCUT2D eigenvalue weighted by Crippen LogP contribution is -2.53. The van der Waals surface area contributed by atoms with Crippen molar-refractivity contribution in [1.82, 2.24) is 13.9 Å². The van der Waals surface area contributed by atoms with E-state index in [1.165, 1.54) is 10.4 Å². The molecule has 118 valence electrons. The van der Waals surface area contributed by atoms with Crippen LogP contribution in [0, 0.1) is 0 Å². The predicted molar refractivity (Wildman–Crippen MR) is 85.6 cm³/mol. The van der Waals surface area contributed by atoms with Crippen LogP contribution in [0.4, 0.5) is 0 Å². The van der Waals surface area contributed by atoms with Crippen LogP contribution in [-0.4, -0.2) is 49.8 Å². The average molecular weight is 329 g/mol. The van der Waals surface area contributed by atoms with Crippen LogP contribution in [0.5, 0.6) is 0 Å². The molecule has 0 amide bonds. The molecule has 1 aromatic heterocycles. The fourth-order valence-corrected chi connectivity index (χ4v) is 6.01. The van der Waals surface area contributed by atoms with Crippen LogP contribution in [0.25, 0.3) is 0 Å². The van der Waals surface area contributed by atoms with Crippen LogP contribution >= 0.6 is 11.3 Å². The van der Waals surface area contributed by atoms with Gasteiger partial charge in [0.25, 0.3) is 10.2 Å².